The maximum absolute atomic E-state index is 12.4. The van der Waals surface area contributed by atoms with E-state index >= 15 is 0 Å². The molecule has 3 nitrogen and oxygen atoms in total. The van der Waals surface area contributed by atoms with E-state index in [-0.39, 0.29) is 12.5 Å². The summed E-state index contributed by atoms with van der Waals surface area (Å²) >= 11 is 0. The molecule has 1 fully saturated rings. The first kappa shape index (κ1) is 15.6. The van der Waals surface area contributed by atoms with E-state index < -0.39 is 0 Å². The Labute approximate surface area is 126 Å². The first-order valence-corrected chi connectivity index (χ1v) is 7.63. The molecule has 112 valence electrons. The third-order valence-corrected chi connectivity index (χ3v) is 4.22. The molecule has 2 unspecified atom stereocenters. The minimum atomic E-state index is -0.00272. The first-order valence-electron chi connectivity index (χ1n) is 7.63. The first-order chi connectivity index (χ1) is 10.1. The van der Waals surface area contributed by atoms with Gasteiger partial charge in [0.1, 0.15) is 0 Å². The van der Waals surface area contributed by atoms with Crippen molar-refractivity contribution in [1.82, 2.24) is 5.32 Å². The van der Waals surface area contributed by atoms with Gasteiger partial charge >= 0.3 is 0 Å². The van der Waals surface area contributed by atoms with Gasteiger partial charge in [-0.05, 0) is 43.4 Å². The van der Waals surface area contributed by atoms with Gasteiger partial charge in [0.25, 0.3) is 5.91 Å². The number of amides is 1. The number of hydrogen-bond acceptors (Lipinski definition) is 2. The second kappa shape index (κ2) is 7.28. The fraction of sp³-hybridized carbons (Fsp3) is 0.500. The number of carbonyl (C=O) groups is 1. The summed E-state index contributed by atoms with van der Waals surface area (Å²) in [6.45, 7) is 4.18. The fourth-order valence-electron chi connectivity index (χ4n) is 2.84. The number of hydrogen-bond donors (Lipinski definition) is 2. The highest BCUT2D eigenvalue weighted by Gasteiger charge is 2.25. The molecule has 1 amide bonds. The third-order valence-electron chi connectivity index (χ3n) is 4.22. The standard InChI is InChI=1S/C18H23NO2/c1-13-7-5-11-17(13)19-18(21)16-10-6-9-15(14(16)2)8-3-4-12-20/h6,9-10,13,17,20H,4-5,7,11-12H2,1-2H3,(H,19,21). The van der Waals surface area contributed by atoms with Gasteiger partial charge in [-0.1, -0.05) is 31.3 Å². The molecule has 0 spiro atoms. The van der Waals surface area contributed by atoms with Gasteiger partial charge in [-0.2, -0.15) is 0 Å². The molecule has 0 heterocycles. The van der Waals surface area contributed by atoms with Crippen LogP contribution in [0.25, 0.3) is 0 Å². The SMILES string of the molecule is Cc1c(C#CCCO)cccc1C(=O)NC1CCCC1C. The molecule has 0 radical (unpaired) electrons. The monoisotopic (exact) mass is 285 g/mol. The quantitative estimate of drug-likeness (QED) is 0.839. The van der Waals surface area contributed by atoms with E-state index in [4.69, 9.17) is 5.11 Å². The summed E-state index contributed by atoms with van der Waals surface area (Å²) in [5.41, 5.74) is 2.46. The normalized spacial score (nSPS) is 20.7. The number of nitrogens with one attached hydrogen (secondary N) is 1. The molecule has 1 aliphatic rings. The summed E-state index contributed by atoms with van der Waals surface area (Å²) < 4.78 is 0. The van der Waals surface area contributed by atoms with Crippen molar-refractivity contribution < 1.29 is 9.90 Å². The van der Waals surface area contributed by atoms with Crippen LogP contribution in [0.4, 0.5) is 0 Å². The number of rotatable bonds is 3. The summed E-state index contributed by atoms with van der Waals surface area (Å²) in [6, 6.07) is 5.92. The maximum Gasteiger partial charge on any atom is 0.251 e. The van der Waals surface area contributed by atoms with Crippen LogP contribution in [-0.2, 0) is 0 Å². The lowest BCUT2D eigenvalue weighted by Crippen LogP contribution is -2.36. The second-order valence-corrected chi connectivity index (χ2v) is 5.74. The minimum absolute atomic E-state index is 0.00272. The van der Waals surface area contributed by atoms with Crippen molar-refractivity contribution in [3.8, 4) is 11.8 Å². The average molecular weight is 285 g/mol. The molecule has 1 aliphatic carbocycles. The summed E-state index contributed by atoms with van der Waals surface area (Å²) in [4.78, 5) is 12.4. The maximum atomic E-state index is 12.4. The predicted octanol–water partition coefficient (Wildman–Crippen LogP) is 2.65. The highest BCUT2D eigenvalue weighted by Crippen LogP contribution is 2.25. The largest absolute Gasteiger partial charge is 0.395 e. The van der Waals surface area contributed by atoms with Crippen LogP contribution in [0.1, 0.15) is 54.1 Å². The van der Waals surface area contributed by atoms with Crippen molar-refractivity contribution in [2.45, 2.75) is 45.6 Å². The highest BCUT2D eigenvalue weighted by atomic mass is 16.2. The molecule has 0 aromatic heterocycles. The van der Waals surface area contributed by atoms with E-state index in [2.05, 4.69) is 24.1 Å². The molecule has 0 aliphatic heterocycles. The highest BCUT2D eigenvalue weighted by molar-refractivity contribution is 5.96. The zero-order chi connectivity index (χ0) is 15.2. The molecule has 0 bridgehead atoms. The molecular formula is C18H23NO2. The van der Waals surface area contributed by atoms with Gasteiger partial charge in [-0.3, -0.25) is 4.79 Å². The van der Waals surface area contributed by atoms with Crippen LogP contribution in [0.2, 0.25) is 0 Å². The Bertz CT molecular complexity index is 568. The van der Waals surface area contributed by atoms with Crippen molar-refractivity contribution in [3.05, 3.63) is 34.9 Å². The van der Waals surface area contributed by atoms with Gasteiger partial charge in [-0.15, -0.1) is 0 Å². The molecule has 21 heavy (non-hydrogen) atoms. The van der Waals surface area contributed by atoms with Crippen LogP contribution in [-0.4, -0.2) is 23.7 Å². The van der Waals surface area contributed by atoms with Crippen LogP contribution >= 0.6 is 0 Å². The molecule has 3 heteroatoms. The van der Waals surface area contributed by atoms with E-state index in [0.717, 1.165) is 17.5 Å². The molecule has 2 rings (SSSR count). The van der Waals surface area contributed by atoms with Crippen LogP contribution in [0.3, 0.4) is 0 Å². The lowest BCUT2D eigenvalue weighted by molar-refractivity contribution is 0.0929. The van der Waals surface area contributed by atoms with Crippen molar-refractivity contribution >= 4 is 5.91 Å². The van der Waals surface area contributed by atoms with E-state index in [1.165, 1.54) is 12.8 Å². The summed E-state index contributed by atoms with van der Waals surface area (Å²) in [5.74, 6) is 6.48. The van der Waals surface area contributed by atoms with Crippen molar-refractivity contribution in [3.63, 3.8) is 0 Å². The summed E-state index contributed by atoms with van der Waals surface area (Å²) in [5, 5.41) is 11.9. The Hall–Kier alpha value is -1.79. The molecule has 1 aromatic carbocycles. The fourth-order valence-corrected chi connectivity index (χ4v) is 2.84. The van der Waals surface area contributed by atoms with Crippen molar-refractivity contribution in [2.24, 2.45) is 5.92 Å². The van der Waals surface area contributed by atoms with Crippen LogP contribution < -0.4 is 5.32 Å². The molecule has 2 atom stereocenters. The Morgan fingerprint density at radius 1 is 1.43 bits per heavy atom. The van der Waals surface area contributed by atoms with E-state index in [1.807, 2.05) is 25.1 Å². The van der Waals surface area contributed by atoms with Gasteiger partial charge in [0.05, 0.1) is 6.61 Å². The average Bonchev–Trinajstić information content (AvgIpc) is 2.86. The summed E-state index contributed by atoms with van der Waals surface area (Å²) in [7, 11) is 0. The van der Waals surface area contributed by atoms with E-state index in [9.17, 15) is 4.79 Å². The number of aliphatic hydroxyl groups is 1. The lowest BCUT2D eigenvalue weighted by Gasteiger charge is -2.18. The number of benzene rings is 1. The van der Waals surface area contributed by atoms with Gasteiger partial charge in [0, 0.05) is 23.6 Å². The van der Waals surface area contributed by atoms with Gasteiger partial charge in [0.2, 0.25) is 0 Å². The topological polar surface area (TPSA) is 49.3 Å². The molecule has 1 saturated carbocycles. The lowest BCUT2D eigenvalue weighted by atomic mass is 10.0. The predicted molar refractivity (Wildman–Crippen MR) is 84.0 cm³/mol. The number of carbonyl (C=O) groups excluding carboxylic acids is 1. The van der Waals surface area contributed by atoms with E-state index in [1.54, 1.807) is 0 Å². The smallest absolute Gasteiger partial charge is 0.251 e. The second-order valence-electron chi connectivity index (χ2n) is 5.74. The Morgan fingerprint density at radius 3 is 2.90 bits per heavy atom. The van der Waals surface area contributed by atoms with E-state index in [0.29, 0.717) is 23.9 Å². The van der Waals surface area contributed by atoms with Gasteiger partial charge in [0.15, 0.2) is 0 Å². The number of aliphatic hydroxyl groups excluding tert-OH is 1. The van der Waals surface area contributed by atoms with Gasteiger partial charge in [-0.25, -0.2) is 0 Å². The van der Waals surface area contributed by atoms with Crippen LogP contribution in [0, 0.1) is 24.7 Å². The summed E-state index contributed by atoms with van der Waals surface area (Å²) in [6.07, 6.45) is 3.91. The third kappa shape index (κ3) is 3.86. The van der Waals surface area contributed by atoms with Crippen LogP contribution in [0.5, 0.6) is 0 Å². The minimum Gasteiger partial charge on any atom is -0.395 e. The molecular weight excluding hydrogens is 262 g/mol. The Kier molecular flexibility index (Phi) is 5.41. The molecule has 1 aromatic rings. The van der Waals surface area contributed by atoms with Crippen molar-refractivity contribution in [1.29, 1.82) is 0 Å². The Morgan fingerprint density at radius 2 is 2.24 bits per heavy atom. The Balaban J connectivity index is 2.14. The molecule has 2 N–H and O–H groups in total. The van der Waals surface area contributed by atoms with Crippen LogP contribution in [0.15, 0.2) is 18.2 Å². The van der Waals surface area contributed by atoms with Crippen molar-refractivity contribution in [2.75, 3.05) is 6.61 Å². The van der Waals surface area contributed by atoms with Gasteiger partial charge < -0.3 is 10.4 Å². The zero-order valence-corrected chi connectivity index (χ0v) is 12.8. The molecule has 0 saturated heterocycles. The zero-order valence-electron chi connectivity index (χ0n) is 12.8.